The summed E-state index contributed by atoms with van der Waals surface area (Å²) in [6.45, 7) is 1.02. The second-order valence-corrected chi connectivity index (χ2v) is 5.65. The van der Waals surface area contributed by atoms with E-state index in [1.807, 2.05) is 0 Å². The molecule has 1 fully saturated rings. The summed E-state index contributed by atoms with van der Waals surface area (Å²) in [5.74, 6) is -0.929. The molecule has 1 aliphatic rings. The number of alkyl halides is 3. The van der Waals surface area contributed by atoms with Gasteiger partial charge in [-0.1, -0.05) is 0 Å². The fourth-order valence-corrected chi connectivity index (χ4v) is 2.59. The fraction of sp³-hybridized carbons (Fsp3) is 0.643. The number of likely N-dealkylation sites (tertiary alicyclic amines) is 1. The maximum absolute atomic E-state index is 12.6. The van der Waals surface area contributed by atoms with Gasteiger partial charge in [0.2, 0.25) is 0 Å². The lowest BCUT2D eigenvalue weighted by molar-refractivity contribution is -0.141. The molecule has 0 spiro atoms. The summed E-state index contributed by atoms with van der Waals surface area (Å²) in [5, 5.41) is 14.7. The molecule has 134 valence electrons. The van der Waals surface area contributed by atoms with Crippen LogP contribution in [0.2, 0.25) is 0 Å². The van der Waals surface area contributed by atoms with Crippen molar-refractivity contribution < 1.29 is 27.9 Å². The van der Waals surface area contributed by atoms with Gasteiger partial charge in [0.15, 0.2) is 5.69 Å². The summed E-state index contributed by atoms with van der Waals surface area (Å²) >= 11 is 0. The fourth-order valence-electron chi connectivity index (χ4n) is 2.59. The number of rotatable bonds is 5. The zero-order valence-corrected chi connectivity index (χ0v) is 12.9. The molecular weight excluding hydrogens is 329 g/mol. The number of nitrogens with zero attached hydrogens (tertiary/aromatic N) is 3. The van der Waals surface area contributed by atoms with Crippen LogP contribution in [0, 0.1) is 0 Å². The molecule has 10 heteroatoms. The van der Waals surface area contributed by atoms with Crippen molar-refractivity contribution in [3.63, 3.8) is 0 Å². The molecule has 0 radical (unpaired) electrons. The Kier molecular flexibility index (Phi) is 5.68. The number of amides is 2. The predicted octanol–water partition coefficient (Wildman–Crippen LogP) is 2.11. The molecule has 0 aromatic carbocycles. The van der Waals surface area contributed by atoms with Gasteiger partial charge in [0.25, 0.3) is 0 Å². The van der Waals surface area contributed by atoms with Gasteiger partial charge < -0.3 is 15.3 Å². The number of piperidine rings is 1. The third kappa shape index (κ3) is 4.87. The number of hydrogen-bond acceptors (Lipinski definition) is 3. The Hall–Kier alpha value is -2.26. The molecule has 2 heterocycles. The van der Waals surface area contributed by atoms with E-state index in [9.17, 15) is 22.8 Å². The molecule has 1 aliphatic heterocycles. The minimum Gasteiger partial charge on any atom is -0.481 e. The minimum atomic E-state index is -4.49. The first kappa shape index (κ1) is 18.1. The number of urea groups is 1. The lowest BCUT2D eigenvalue weighted by Gasteiger charge is -2.32. The highest BCUT2D eigenvalue weighted by atomic mass is 19.4. The van der Waals surface area contributed by atoms with Crippen LogP contribution < -0.4 is 5.32 Å². The van der Waals surface area contributed by atoms with Gasteiger partial charge in [0, 0.05) is 32.3 Å². The zero-order chi connectivity index (χ0) is 17.7. The lowest BCUT2D eigenvalue weighted by atomic mass is 10.1. The average Bonchev–Trinajstić information content (AvgIpc) is 3.01. The maximum Gasteiger partial charge on any atom is 0.435 e. The summed E-state index contributed by atoms with van der Waals surface area (Å²) < 4.78 is 39.1. The van der Waals surface area contributed by atoms with Gasteiger partial charge in [-0.3, -0.25) is 9.48 Å². The maximum atomic E-state index is 12.6. The van der Waals surface area contributed by atoms with Gasteiger partial charge in [-0.15, -0.1) is 0 Å². The topological polar surface area (TPSA) is 87.5 Å². The molecule has 24 heavy (non-hydrogen) atoms. The number of aliphatic carboxylic acids is 1. The zero-order valence-electron chi connectivity index (χ0n) is 12.9. The van der Waals surface area contributed by atoms with Crippen molar-refractivity contribution in [1.82, 2.24) is 20.0 Å². The third-order valence-corrected chi connectivity index (χ3v) is 3.80. The molecule has 0 saturated carbocycles. The molecule has 0 bridgehead atoms. The van der Waals surface area contributed by atoms with Crippen LogP contribution in [0.25, 0.3) is 0 Å². The highest BCUT2D eigenvalue weighted by Gasteiger charge is 2.34. The van der Waals surface area contributed by atoms with Crippen LogP contribution >= 0.6 is 0 Å². The number of carbonyl (C=O) groups is 2. The number of nitrogens with one attached hydrogen (secondary N) is 1. The molecule has 7 nitrogen and oxygen atoms in total. The number of halogens is 3. The SMILES string of the molecule is O=C(O)CCCNC(=O)N1CCCC(n2ccc(C(F)(F)F)n2)C1. The van der Waals surface area contributed by atoms with Gasteiger partial charge in [0.05, 0.1) is 6.04 Å². The number of aromatic nitrogens is 2. The van der Waals surface area contributed by atoms with Gasteiger partial charge in [-0.2, -0.15) is 18.3 Å². The van der Waals surface area contributed by atoms with Gasteiger partial charge >= 0.3 is 18.2 Å². The second-order valence-electron chi connectivity index (χ2n) is 5.65. The molecular formula is C14H19F3N4O3. The molecule has 1 aromatic heterocycles. The van der Waals surface area contributed by atoms with Gasteiger partial charge in [0.1, 0.15) is 0 Å². The largest absolute Gasteiger partial charge is 0.481 e. The minimum absolute atomic E-state index is 0.0313. The average molecular weight is 348 g/mol. The first-order valence-corrected chi connectivity index (χ1v) is 7.64. The Morgan fingerprint density at radius 1 is 1.42 bits per heavy atom. The highest BCUT2D eigenvalue weighted by molar-refractivity contribution is 5.74. The summed E-state index contributed by atoms with van der Waals surface area (Å²) in [7, 11) is 0. The molecule has 1 saturated heterocycles. The third-order valence-electron chi connectivity index (χ3n) is 3.80. The van der Waals surface area contributed by atoms with Crippen LogP contribution in [-0.4, -0.2) is 51.4 Å². The van der Waals surface area contributed by atoms with Crippen molar-refractivity contribution >= 4 is 12.0 Å². The van der Waals surface area contributed by atoms with E-state index in [1.165, 1.54) is 15.8 Å². The quantitative estimate of drug-likeness (QED) is 0.798. The summed E-state index contributed by atoms with van der Waals surface area (Å²) in [6, 6.07) is 0.276. The van der Waals surface area contributed by atoms with Gasteiger partial charge in [-0.25, -0.2) is 4.79 Å². The number of hydrogen-bond donors (Lipinski definition) is 2. The Balaban J connectivity index is 1.88. The molecule has 2 N–H and O–H groups in total. The van der Waals surface area contributed by atoms with Crippen molar-refractivity contribution in [3.05, 3.63) is 18.0 Å². The van der Waals surface area contributed by atoms with Crippen molar-refractivity contribution in [3.8, 4) is 0 Å². The lowest BCUT2D eigenvalue weighted by Crippen LogP contribution is -2.46. The van der Waals surface area contributed by atoms with E-state index >= 15 is 0 Å². The first-order chi connectivity index (χ1) is 11.3. The smallest absolute Gasteiger partial charge is 0.435 e. The number of carboxylic acid groups (broad SMARTS) is 1. The molecule has 0 aliphatic carbocycles. The predicted molar refractivity (Wildman–Crippen MR) is 77.3 cm³/mol. The van der Waals surface area contributed by atoms with Crippen LogP contribution in [0.3, 0.4) is 0 Å². The Bertz CT molecular complexity index is 588. The number of carboxylic acids is 1. The van der Waals surface area contributed by atoms with E-state index < -0.39 is 17.8 Å². The van der Waals surface area contributed by atoms with Crippen molar-refractivity contribution in [2.24, 2.45) is 0 Å². The molecule has 2 amide bonds. The van der Waals surface area contributed by atoms with Crippen LogP contribution in [0.5, 0.6) is 0 Å². The van der Waals surface area contributed by atoms with Crippen molar-refractivity contribution in [2.45, 2.75) is 37.9 Å². The van der Waals surface area contributed by atoms with Gasteiger partial charge in [-0.05, 0) is 25.3 Å². The van der Waals surface area contributed by atoms with E-state index in [2.05, 4.69) is 10.4 Å². The molecule has 1 atom stereocenters. The summed E-state index contributed by atoms with van der Waals surface area (Å²) in [6.07, 6.45) is -1.61. The van der Waals surface area contributed by atoms with E-state index in [1.54, 1.807) is 0 Å². The van der Waals surface area contributed by atoms with E-state index in [0.29, 0.717) is 25.8 Å². The summed E-state index contributed by atoms with van der Waals surface area (Å²) in [5.41, 5.74) is -0.947. The van der Waals surface area contributed by atoms with Crippen molar-refractivity contribution in [2.75, 3.05) is 19.6 Å². The highest BCUT2D eigenvalue weighted by Crippen LogP contribution is 2.29. The molecule has 1 aromatic rings. The van der Waals surface area contributed by atoms with E-state index in [4.69, 9.17) is 5.11 Å². The molecule has 2 rings (SSSR count). The summed E-state index contributed by atoms with van der Waals surface area (Å²) in [4.78, 5) is 24.0. The monoisotopic (exact) mass is 348 g/mol. The number of carbonyl (C=O) groups excluding carboxylic acids is 1. The Morgan fingerprint density at radius 3 is 2.79 bits per heavy atom. The normalized spacial score (nSPS) is 18.5. The molecule has 1 unspecified atom stereocenters. The van der Waals surface area contributed by atoms with Crippen LogP contribution in [0.1, 0.15) is 37.4 Å². The van der Waals surface area contributed by atoms with Crippen LogP contribution in [0.15, 0.2) is 12.3 Å². The van der Waals surface area contributed by atoms with E-state index in [-0.39, 0.29) is 31.6 Å². The Morgan fingerprint density at radius 2 is 2.17 bits per heavy atom. The Labute approximate surface area is 136 Å². The van der Waals surface area contributed by atoms with Crippen LogP contribution in [0.4, 0.5) is 18.0 Å². The van der Waals surface area contributed by atoms with Crippen LogP contribution in [-0.2, 0) is 11.0 Å². The standard InChI is InChI=1S/C14H19F3N4O3/c15-14(16,17)11-5-8-21(19-11)10-3-2-7-20(9-10)13(24)18-6-1-4-12(22)23/h5,8,10H,1-4,6-7,9H2,(H,18,24)(H,22,23). The van der Waals surface area contributed by atoms with Crippen molar-refractivity contribution in [1.29, 1.82) is 0 Å². The van der Waals surface area contributed by atoms with E-state index in [0.717, 1.165) is 6.07 Å². The second kappa shape index (κ2) is 7.54. The first-order valence-electron chi connectivity index (χ1n) is 7.64.